The van der Waals surface area contributed by atoms with Crippen LogP contribution in [-0.4, -0.2) is 9.97 Å². The molecule has 2 aromatic heterocycles. The van der Waals surface area contributed by atoms with E-state index in [9.17, 15) is 0 Å². The van der Waals surface area contributed by atoms with Gasteiger partial charge in [-0.15, -0.1) is 0 Å². The Kier molecular flexibility index (Phi) is 1.25. The van der Waals surface area contributed by atoms with Crippen LogP contribution in [0.2, 0.25) is 0 Å². The van der Waals surface area contributed by atoms with E-state index in [-0.39, 0.29) is 0 Å². The van der Waals surface area contributed by atoms with E-state index in [0.717, 1.165) is 5.69 Å². The molecule has 0 aromatic carbocycles. The topological polar surface area (TPSA) is 52.1 Å². The van der Waals surface area contributed by atoms with E-state index in [2.05, 4.69) is 9.97 Å². The quantitative estimate of drug-likeness (QED) is 0.620. The first-order chi connectivity index (χ1) is 5.36. The van der Waals surface area contributed by atoms with E-state index in [1.807, 2.05) is 6.92 Å². The highest BCUT2D eigenvalue weighted by Gasteiger charge is 2.07. The zero-order valence-corrected chi connectivity index (χ0v) is 5.94. The first-order valence-electron chi connectivity index (χ1n) is 3.18. The van der Waals surface area contributed by atoms with Crippen LogP contribution in [0.3, 0.4) is 0 Å². The van der Waals surface area contributed by atoms with Crippen molar-refractivity contribution in [2.75, 3.05) is 0 Å². The Labute approximate surface area is 62.9 Å². The summed E-state index contributed by atoms with van der Waals surface area (Å²) in [4.78, 5) is 7.91. The molecule has 2 rings (SSSR count). The highest BCUT2D eigenvalue weighted by atomic mass is 16.4. The molecular weight excluding hydrogens is 144 g/mol. The SMILES string of the molecule is Cc1coc(-c2ncco2)n1. The summed E-state index contributed by atoms with van der Waals surface area (Å²) >= 11 is 0. The largest absolute Gasteiger partial charge is 0.441 e. The lowest BCUT2D eigenvalue weighted by atomic mass is 10.6. The van der Waals surface area contributed by atoms with Crippen LogP contribution < -0.4 is 0 Å². The number of aromatic nitrogens is 2. The van der Waals surface area contributed by atoms with Crippen LogP contribution in [0, 0.1) is 6.92 Å². The van der Waals surface area contributed by atoms with Crippen molar-refractivity contribution in [3.8, 4) is 11.8 Å². The third kappa shape index (κ3) is 1.02. The van der Waals surface area contributed by atoms with Gasteiger partial charge in [-0.1, -0.05) is 0 Å². The fourth-order valence-corrected chi connectivity index (χ4v) is 0.781. The van der Waals surface area contributed by atoms with E-state index in [1.165, 1.54) is 6.26 Å². The van der Waals surface area contributed by atoms with Gasteiger partial charge < -0.3 is 8.83 Å². The molecule has 0 spiro atoms. The summed E-state index contributed by atoms with van der Waals surface area (Å²) in [6.07, 6.45) is 4.59. The van der Waals surface area contributed by atoms with Gasteiger partial charge in [-0.2, -0.15) is 0 Å². The molecule has 0 aliphatic rings. The van der Waals surface area contributed by atoms with E-state index in [4.69, 9.17) is 8.83 Å². The first-order valence-corrected chi connectivity index (χ1v) is 3.18. The van der Waals surface area contributed by atoms with Gasteiger partial charge in [0, 0.05) is 0 Å². The zero-order valence-electron chi connectivity index (χ0n) is 5.94. The van der Waals surface area contributed by atoms with Crippen molar-refractivity contribution in [1.82, 2.24) is 9.97 Å². The molecule has 11 heavy (non-hydrogen) atoms. The minimum Gasteiger partial charge on any atom is -0.441 e. The van der Waals surface area contributed by atoms with Gasteiger partial charge in [-0.25, -0.2) is 9.97 Å². The monoisotopic (exact) mass is 150 g/mol. The summed E-state index contributed by atoms with van der Waals surface area (Å²) in [5, 5.41) is 0. The molecule has 4 nitrogen and oxygen atoms in total. The van der Waals surface area contributed by atoms with Crippen molar-refractivity contribution < 1.29 is 8.83 Å². The summed E-state index contributed by atoms with van der Waals surface area (Å²) in [5.41, 5.74) is 0.818. The summed E-state index contributed by atoms with van der Waals surface area (Å²) in [6.45, 7) is 1.84. The second-order valence-electron chi connectivity index (χ2n) is 2.13. The second kappa shape index (κ2) is 2.23. The molecule has 0 aliphatic carbocycles. The molecule has 2 aromatic rings. The van der Waals surface area contributed by atoms with Crippen molar-refractivity contribution in [3.05, 3.63) is 24.4 Å². The highest BCUT2D eigenvalue weighted by molar-refractivity contribution is 5.36. The molecule has 0 bridgehead atoms. The third-order valence-electron chi connectivity index (χ3n) is 1.23. The average Bonchev–Trinajstić information content (AvgIpc) is 2.55. The van der Waals surface area contributed by atoms with Gasteiger partial charge in [-0.05, 0) is 6.92 Å². The van der Waals surface area contributed by atoms with Crippen LogP contribution in [0.5, 0.6) is 0 Å². The number of aryl methyl sites for hydroxylation is 1. The van der Waals surface area contributed by atoms with Crippen LogP contribution in [0.25, 0.3) is 11.8 Å². The zero-order chi connectivity index (χ0) is 7.68. The van der Waals surface area contributed by atoms with Gasteiger partial charge in [0.2, 0.25) is 0 Å². The van der Waals surface area contributed by atoms with E-state index in [0.29, 0.717) is 11.8 Å². The maximum absolute atomic E-state index is 5.04. The molecule has 0 radical (unpaired) electrons. The van der Waals surface area contributed by atoms with Gasteiger partial charge in [-0.3, -0.25) is 0 Å². The van der Waals surface area contributed by atoms with Gasteiger partial charge in [0.25, 0.3) is 11.8 Å². The molecular formula is C7H6N2O2. The Hall–Kier alpha value is -1.58. The smallest absolute Gasteiger partial charge is 0.283 e. The van der Waals surface area contributed by atoms with Crippen molar-refractivity contribution in [1.29, 1.82) is 0 Å². The molecule has 2 heterocycles. The molecule has 0 unspecified atom stereocenters. The van der Waals surface area contributed by atoms with Gasteiger partial charge in [0.05, 0.1) is 11.9 Å². The maximum Gasteiger partial charge on any atom is 0.283 e. The number of oxazole rings is 2. The third-order valence-corrected chi connectivity index (χ3v) is 1.23. The Balaban J connectivity index is 2.45. The van der Waals surface area contributed by atoms with Crippen LogP contribution in [0.1, 0.15) is 5.69 Å². The van der Waals surface area contributed by atoms with Crippen molar-refractivity contribution in [3.63, 3.8) is 0 Å². The summed E-state index contributed by atoms with van der Waals surface area (Å²) in [5.74, 6) is 0.839. The summed E-state index contributed by atoms with van der Waals surface area (Å²) in [6, 6.07) is 0. The van der Waals surface area contributed by atoms with Crippen LogP contribution >= 0.6 is 0 Å². The second-order valence-corrected chi connectivity index (χ2v) is 2.13. The lowest BCUT2D eigenvalue weighted by molar-refractivity contribution is 0.510. The lowest BCUT2D eigenvalue weighted by Gasteiger charge is -1.81. The van der Waals surface area contributed by atoms with Gasteiger partial charge in [0.1, 0.15) is 12.5 Å². The predicted molar refractivity (Wildman–Crippen MR) is 36.7 cm³/mol. The molecule has 0 fully saturated rings. The normalized spacial score (nSPS) is 10.3. The molecule has 0 saturated heterocycles. The number of hydrogen-bond acceptors (Lipinski definition) is 4. The number of hydrogen-bond donors (Lipinski definition) is 0. The lowest BCUT2D eigenvalue weighted by Crippen LogP contribution is -1.75. The Morgan fingerprint density at radius 3 is 2.73 bits per heavy atom. The molecule has 0 amide bonds. The number of rotatable bonds is 1. The van der Waals surface area contributed by atoms with Gasteiger partial charge in [0.15, 0.2) is 0 Å². The molecule has 0 aliphatic heterocycles. The van der Waals surface area contributed by atoms with E-state index < -0.39 is 0 Å². The molecule has 0 N–H and O–H groups in total. The van der Waals surface area contributed by atoms with Crippen molar-refractivity contribution in [2.45, 2.75) is 6.92 Å². The van der Waals surface area contributed by atoms with Crippen LogP contribution in [-0.2, 0) is 0 Å². The fraction of sp³-hybridized carbons (Fsp3) is 0.143. The van der Waals surface area contributed by atoms with Crippen molar-refractivity contribution in [2.24, 2.45) is 0 Å². The van der Waals surface area contributed by atoms with Gasteiger partial charge >= 0.3 is 0 Å². The van der Waals surface area contributed by atoms with Crippen LogP contribution in [0.15, 0.2) is 27.6 Å². The minimum absolute atomic E-state index is 0.415. The molecule has 0 atom stereocenters. The van der Waals surface area contributed by atoms with E-state index >= 15 is 0 Å². The Morgan fingerprint density at radius 1 is 1.27 bits per heavy atom. The summed E-state index contributed by atoms with van der Waals surface area (Å²) in [7, 11) is 0. The number of nitrogens with zero attached hydrogens (tertiary/aromatic N) is 2. The summed E-state index contributed by atoms with van der Waals surface area (Å²) < 4.78 is 10.0. The van der Waals surface area contributed by atoms with Crippen molar-refractivity contribution >= 4 is 0 Å². The molecule has 4 heteroatoms. The highest BCUT2D eigenvalue weighted by Crippen LogP contribution is 2.14. The standard InChI is InChI=1S/C7H6N2O2/c1-5-4-11-7(9-5)6-8-2-3-10-6/h2-4H,1H3. The average molecular weight is 150 g/mol. The Bertz CT molecular complexity index is 337. The van der Waals surface area contributed by atoms with E-state index in [1.54, 1.807) is 12.5 Å². The maximum atomic E-state index is 5.04. The van der Waals surface area contributed by atoms with Crippen LogP contribution in [0.4, 0.5) is 0 Å². The predicted octanol–water partition coefficient (Wildman–Crippen LogP) is 1.64. The minimum atomic E-state index is 0.415. The molecule has 56 valence electrons. The fourth-order valence-electron chi connectivity index (χ4n) is 0.781. The first kappa shape index (κ1) is 6.15. The Morgan fingerprint density at radius 2 is 2.18 bits per heavy atom. The molecule has 0 saturated carbocycles.